The SMILES string of the molecule is Cl.NCC1CCCN1C(=O)c1cc([N+](=O)[O-])c[nH]1. The third-order valence-electron chi connectivity index (χ3n) is 3.02. The van der Waals surface area contributed by atoms with Gasteiger partial charge in [0.25, 0.3) is 11.6 Å². The Hall–Kier alpha value is -1.60. The topological polar surface area (TPSA) is 105 Å². The summed E-state index contributed by atoms with van der Waals surface area (Å²) in [6.07, 6.45) is 3.04. The van der Waals surface area contributed by atoms with Crippen molar-refractivity contribution in [2.24, 2.45) is 5.73 Å². The number of hydrogen-bond acceptors (Lipinski definition) is 4. The molecule has 1 aromatic heterocycles. The zero-order chi connectivity index (χ0) is 12.4. The van der Waals surface area contributed by atoms with Gasteiger partial charge in [-0.05, 0) is 12.8 Å². The standard InChI is InChI=1S/C10H14N4O3.ClH/c11-5-7-2-1-3-13(7)10(15)9-4-8(6-12-9)14(16)17;/h4,6-7,12H,1-3,5,11H2;1H. The van der Waals surface area contributed by atoms with Crippen LogP contribution in [0.5, 0.6) is 0 Å². The number of nitrogens with two attached hydrogens (primary N) is 1. The number of amides is 1. The summed E-state index contributed by atoms with van der Waals surface area (Å²) in [4.78, 5) is 26.4. The second-order valence-corrected chi connectivity index (χ2v) is 4.06. The summed E-state index contributed by atoms with van der Waals surface area (Å²) >= 11 is 0. The van der Waals surface area contributed by atoms with Crippen LogP contribution in [-0.2, 0) is 0 Å². The van der Waals surface area contributed by atoms with Crippen molar-refractivity contribution in [3.63, 3.8) is 0 Å². The molecule has 1 fully saturated rings. The number of rotatable bonds is 3. The van der Waals surface area contributed by atoms with Gasteiger partial charge in [-0.1, -0.05) is 0 Å². The van der Waals surface area contributed by atoms with Crippen molar-refractivity contribution in [3.05, 3.63) is 28.1 Å². The monoisotopic (exact) mass is 274 g/mol. The van der Waals surface area contributed by atoms with E-state index in [2.05, 4.69) is 4.98 Å². The van der Waals surface area contributed by atoms with E-state index in [1.54, 1.807) is 4.90 Å². The van der Waals surface area contributed by atoms with Gasteiger partial charge in [-0.15, -0.1) is 12.4 Å². The number of halogens is 1. The highest BCUT2D eigenvalue weighted by Crippen LogP contribution is 2.20. The lowest BCUT2D eigenvalue weighted by Gasteiger charge is -2.22. The van der Waals surface area contributed by atoms with E-state index < -0.39 is 4.92 Å². The second-order valence-electron chi connectivity index (χ2n) is 4.06. The minimum Gasteiger partial charge on any atom is -0.351 e. The molecular weight excluding hydrogens is 260 g/mol. The first-order chi connectivity index (χ1) is 8.13. The van der Waals surface area contributed by atoms with Gasteiger partial charge in [-0.25, -0.2) is 0 Å². The molecule has 100 valence electrons. The minimum absolute atomic E-state index is 0. The van der Waals surface area contributed by atoms with Gasteiger partial charge in [0.2, 0.25) is 0 Å². The van der Waals surface area contributed by atoms with E-state index in [-0.39, 0.29) is 35.7 Å². The summed E-state index contributed by atoms with van der Waals surface area (Å²) in [6.45, 7) is 1.09. The van der Waals surface area contributed by atoms with Crippen LogP contribution in [-0.4, -0.2) is 39.8 Å². The van der Waals surface area contributed by atoms with E-state index in [0.717, 1.165) is 12.8 Å². The minimum atomic E-state index is -0.530. The number of carbonyl (C=O) groups excluding carboxylic acids is 1. The van der Waals surface area contributed by atoms with Gasteiger partial charge in [0.05, 0.1) is 11.1 Å². The molecule has 2 rings (SSSR count). The molecule has 0 spiro atoms. The number of H-pyrrole nitrogens is 1. The molecule has 2 heterocycles. The van der Waals surface area contributed by atoms with Crippen molar-refractivity contribution in [1.82, 2.24) is 9.88 Å². The Morgan fingerprint density at radius 2 is 2.39 bits per heavy atom. The molecule has 0 aliphatic carbocycles. The molecular formula is C10H15ClN4O3. The van der Waals surface area contributed by atoms with Gasteiger partial charge in [0.15, 0.2) is 0 Å². The number of nitrogens with zero attached hydrogens (tertiary/aromatic N) is 2. The maximum absolute atomic E-state index is 12.1. The van der Waals surface area contributed by atoms with Crippen LogP contribution in [0.1, 0.15) is 23.3 Å². The molecule has 1 saturated heterocycles. The Bertz CT molecular complexity index is 448. The maximum atomic E-state index is 12.1. The molecule has 0 radical (unpaired) electrons. The smallest absolute Gasteiger partial charge is 0.287 e. The lowest BCUT2D eigenvalue weighted by atomic mass is 10.2. The van der Waals surface area contributed by atoms with E-state index in [9.17, 15) is 14.9 Å². The van der Waals surface area contributed by atoms with Gasteiger partial charge in [0.1, 0.15) is 5.69 Å². The van der Waals surface area contributed by atoms with E-state index in [1.165, 1.54) is 12.3 Å². The third-order valence-corrected chi connectivity index (χ3v) is 3.02. The van der Waals surface area contributed by atoms with Gasteiger partial charge in [-0.2, -0.15) is 0 Å². The molecule has 1 aliphatic heterocycles. The van der Waals surface area contributed by atoms with E-state index in [4.69, 9.17) is 5.73 Å². The number of aromatic nitrogens is 1. The summed E-state index contributed by atoms with van der Waals surface area (Å²) in [7, 11) is 0. The van der Waals surface area contributed by atoms with Gasteiger partial charge >= 0.3 is 0 Å². The number of nitro groups is 1. The average Bonchev–Trinajstić information content (AvgIpc) is 2.96. The zero-order valence-corrected chi connectivity index (χ0v) is 10.5. The molecule has 18 heavy (non-hydrogen) atoms. The highest BCUT2D eigenvalue weighted by Gasteiger charge is 2.29. The molecule has 3 N–H and O–H groups in total. The van der Waals surface area contributed by atoms with Crippen LogP contribution in [0.3, 0.4) is 0 Å². The summed E-state index contributed by atoms with van der Waals surface area (Å²) in [5, 5.41) is 10.5. The van der Waals surface area contributed by atoms with Crippen molar-refractivity contribution in [1.29, 1.82) is 0 Å². The van der Waals surface area contributed by atoms with Crippen LogP contribution < -0.4 is 5.73 Å². The van der Waals surface area contributed by atoms with Crippen molar-refractivity contribution in [3.8, 4) is 0 Å². The van der Waals surface area contributed by atoms with Crippen molar-refractivity contribution < 1.29 is 9.72 Å². The molecule has 1 aliphatic rings. The second kappa shape index (κ2) is 5.83. The van der Waals surface area contributed by atoms with Crippen LogP contribution in [0.25, 0.3) is 0 Å². The Morgan fingerprint density at radius 3 is 2.94 bits per heavy atom. The summed E-state index contributed by atoms with van der Waals surface area (Å²) < 4.78 is 0. The predicted molar refractivity (Wildman–Crippen MR) is 67.8 cm³/mol. The van der Waals surface area contributed by atoms with Crippen LogP contribution in [0.2, 0.25) is 0 Å². The van der Waals surface area contributed by atoms with Crippen LogP contribution in [0.4, 0.5) is 5.69 Å². The van der Waals surface area contributed by atoms with Crippen molar-refractivity contribution in [2.45, 2.75) is 18.9 Å². The molecule has 7 nitrogen and oxygen atoms in total. The molecule has 8 heteroatoms. The lowest BCUT2D eigenvalue weighted by molar-refractivity contribution is -0.384. The fourth-order valence-corrected chi connectivity index (χ4v) is 2.11. The lowest BCUT2D eigenvalue weighted by Crippen LogP contribution is -2.40. The van der Waals surface area contributed by atoms with Crippen molar-refractivity contribution >= 4 is 24.0 Å². The Balaban J connectivity index is 0.00000162. The highest BCUT2D eigenvalue weighted by molar-refractivity contribution is 5.93. The molecule has 0 saturated carbocycles. The van der Waals surface area contributed by atoms with Crippen LogP contribution in [0, 0.1) is 10.1 Å². The Labute approximate surface area is 110 Å². The quantitative estimate of drug-likeness (QED) is 0.631. The third kappa shape index (κ3) is 2.62. The molecule has 0 bridgehead atoms. The first kappa shape index (κ1) is 14.5. The van der Waals surface area contributed by atoms with E-state index in [1.807, 2.05) is 0 Å². The Kier molecular flexibility index (Phi) is 4.69. The average molecular weight is 275 g/mol. The van der Waals surface area contributed by atoms with Crippen LogP contribution >= 0.6 is 12.4 Å². The number of likely N-dealkylation sites (tertiary alicyclic amines) is 1. The first-order valence-corrected chi connectivity index (χ1v) is 5.47. The number of nitrogens with one attached hydrogen (secondary N) is 1. The van der Waals surface area contributed by atoms with Crippen LogP contribution in [0.15, 0.2) is 12.3 Å². The number of aromatic amines is 1. The maximum Gasteiger partial charge on any atom is 0.287 e. The number of hydrogen-bond donors (Lipinski definition) is 2. The van der Waals surface area contributed by atoms with Gasteiger partial charge in [-0.3, -0.25) is 14.9 Å². The summed E-state index contributed by atoms with van der Waals surface area (Å²) in [5.41, 5.74) is 5.73. The summed E-state index contributed by atoms with van der Waals surface area (Å²) in [6, 6.07) is 1.30. The van der Waals surface area contributed by atoms with Gasteiger partial charge < -0.3 is 15.6 Å². The Morgan fingerprint density at radius 1 is 1.67 bits per heavy atom. The largest absolute Gasteiger partial charge is 0.351 e. The number of carbonyl (C=O) groups is 1. The molecule has 0 aromatic carbocycles. The van der Waals surface area contributed by atoms with Crippen molar-refractivity contribution in [2.75, 3.05) is 13.1 Å². The molecule has 1 atom stereocenters. The fourth-order valence-electron chi connectivity index (χ4n) is 2.11. The van der Waals surface area contributed by atoms with E-state index in [0.29, 0.717) is 13.1 Å². The highest BCUT2D eigenvalue weighted by atomic mass is 35.5. The predicted octanol–water partition coefficient (Wildman–Crippen LogP) is 0.908. The van der Waals surface area contributed by atoms with E-state index >= 15 is 0 Å². The van der Waals surface area contributed by atoms with Gasteiger partial charge in [0, 0.05) is 25.2 Å². The zero-order valence-electron chi connectivity index (χ0n) is 9.67. The molecule has 1 aromatic rings. The molecule has 1 amide bonds. The fraction of sp³-hybridized carbons (Fsp3) is 0.500. The normalized spacial score (nSPS) is 18.5. The molecule has 1 unspecified atom stereocenters. The first-order valence-electron chi connectivity index (χ1n) is 5.47. The summed E-state index contributed by atoms with van der Waals surface area (Å²) in [5.74, 6) is -0.217.